The van der Waals surface area contributed by atoms with Crippen LogP contribution in [0.2, 0.25) is 0 Å². The second-order valence-electron chi connectivity index (χ2n) is 8.79. The van der Waals surface area contributed by atoms with E-state index >= 15 is 0 Å². The quantitative estimate of drug-likeness (QED) is 0.805. The van der Waals surface area contributed by atoms with Crippen molar-refractivity contribution in [1.82, 2.24) is 9.47 Å². The molecule has 1 aromatic heterocycles. The number of β-amino-alcohol motifs (C(OH)–C–C–N with tert-alkyl or cyclic N) is 1. The van der Waals surface area contributed by atoms with Crippen LogP contribution in [0.1, 0.15) is 45.3 Å². The van der Waals surface area contributed by atoms with Crippen LogP contribution < -0.4 is 0 Å². The van der Waals surface area contributed by atoms with Crippen LogP contribution in [0.5, 0.6) is 0 Å². The SMILES string of the molecule is C[C@H]1c2cccn2CCN1C[C@@H](O)COCC1=CC[C@H]2C[C@H]1C2(C)C. The van der Waals surface area contributed by atoms with Gasteiger partial charge < -0.3 is 14.4 Å². The van der Waals surface area contributed by atoms with E-state index in [4.69, 9.17) is 4.74 Å². The Labute approximate surface area is 151 Å². The van der Waals surface area contributed by atoms with Gasteiger partial charge in [-0.25, -0.2) is 0 Å². The van der Waals surface area contributed by atoms with E-state index in [-0.39, 0.29) is 0 Å². The Morgan fingerprint density at radius 3 is 2.96 bits per heavy atom. The summed E-state index contributed by atoms with van der Waals surface area (Å²) in [6, 6.07) is 4.65. The molecule has 0 spiro atoms. The molecule has 1 aromatic rings. The van der Waals surface area contributed by atoms with Gasteiger partial charge in [0.25, 0.3) is 0 Å². The molecule has 1 aliphatic heterocycles. The predicted molar refractivity (Wildman–Crippen MR) is 99.3 cm³/mol. The summed E-state index contributed by atoms with van der Waals surface area (Å²) in [6.45, 7) is 10.8. The fraction of sp³-hybridized carbons (Fsp3) is 0.714. The van der Waals surface area contributed by atoms with Crippen LogP contribution in [-0.2, 0) is 11.3 Å². The van der Waals surface area contributed by atoms with E-state index in [9.17, 15) is 5.11 Å². The number of ether oxygens (including phenoxy) is 1. The Morgan fingerprint density at radius 1 is 1.36 bits per heavy atom. The molecule has 4 nitrogen and oxygen atoms in total. The Morgan fingerprint density at radius 2 is 2.20 bits per heavy atom. The fourth-order valence-corrected chi connectivity index (χ4v) is 5.15. The summed E-state index contributed by atoms with van der Waals surface area (Å²) in [6.07, 6.45) is 6.64. The van der Waals surface area contributed by atoms with Crippen molar-refractivity contribution in [2.45, 2.75) is 52.3 Å². The van der Waals surface area contributed by atoms with Gasteiger partial charge in [0.05, 0.1) is 19.3 Å². The van der Waals surface area contributed by atoms with Crippen LogP contribution in [-0.4, -0.2) is 47.0 Å². The van der Waals surface area contributed by atoms with E-state index in [0.717, 1.165) is 19.0 Å². The molecule has 2 heterocycles. The summed E-state index contributed by atoms with van der Waals surface area (Å²) in [5.41, 5.74) is 3.25. The molecule has 0 aromatic carbocycles. The lowest BCUT2D eigenvalue weighted by atomic mass is 9.49. The molecule has 4 heteroatoms. The highest BCUT2D eigenvalue weighted by molar-refractivity contribution is 5.23. The Kier molecular flexibility index (Phi) is 4.55. The van der Waals surface area contributed by atoms with Gasteiger partial charge in [0.15, 0.2) is 0 Å². The van der Waals surface area contributed by atoms with Crippen LogP contribution >= 0.6 is 0 Å². The van der Waals surface area contributed by atoms with Crippen molar-refractivity contribution < 1.29 is 9.84 Å². The van der Waals surface area contributed by atoms with Crippen molar-refractivity contribution in [3.63, 3.8) is 0 Å². The van der Waals surface area contributed by atoms with Crippen molar-refractivity contribution in [3.8, 4) is 0 Å². The van der Waals surface area contributed by atoms with Crippen LogP contribution in [0, 0.1) is 17.3 Å². The lowest BCUT2D eigenvalue weighted by molar-refractivity contribution is -0.0281. The first-order valence-electron chi connectivity index (χ1n) is 9.80. The van der Waals surface area contributed by atoms with Crippen molar-refractivity contribution in [2.75, 3.05) is 26.3 Å². The van der Waals surface area contributed by atoms with E-state index in [2.05, 4.69) is 54.6 Å². The van der Waals surface area contributed by atoms with Crippen LogP contribution in [0.25, 0.3) is 0 Å². The van der Waals surface area contributed by atoms with E-state index in [1.54, 1.807) is 0 Å². The van der Waals surface area contributed by atoms with Gasteiger partial charge in [0.2, 0.25) is 0 Å². The molecule has 0 unspecified atom stereocenters. The monoisotopic (exact) mass is 344 g/mol. The minimum absolute atomic E-state index is 0.354. The highest BCUT2D eigenvalue weighted by Gasteiger charge is 2.50. The second kappa shape index (κ2) is 6.57. The molecule has 4 aliphatic rings. The van der Waals surface area contributed by atoms with Gasteiger partial charge in [0, 0.05) is 37.6 Å². The minimum Gasteiger partial charge on any atom is -0.389 e. The lowest BCUT2D eigenvalue weighted by Crippen LogP contribution is -2.48. The van der Waals surface area contributed by atoms with Gasteiger partial charge in [-0.2, -0.15) is 0 Å². The molecule has 2 bridgehead atoms. The first-order valence-corrected chi connectivity index (χ1v) is 9.80. The largest absolute Gasteiger partial charge is 0.389 e. The smallest absolute Gasteiger partial charge is 0.0900 e. The van der Waals surface area contributed by atoms with E-state index in [1.165, 1.54) is 24.1 Å². The maximum Gasteiger partial charge on any atom is 0.0900 e. The first-order chi connectivity index (χ1) is 12.0. The minimum atomic E-state index is -0.421. The molecule has 1 N–H and O–H groups in total. The van der Waals surface area contributed by atoms with E-state index in [1.807, 2.05) is 0 Å². The van der Waals surface area contributed by atoms with Gasteiger partial charge in [-0.1, -0.05) is 19.9 Å². The van der Waals surface area contributed by atoms with Gasteiger partial charge in [-0.05, 0) is 54.7 Å². The lowest BCUT2D eigenvalue weighted by Gasteiger charge is -2.56. The molecule has 0 saturated heterocycles. The maximum absolute atomic E-state index is 10.4. The van der Waals surface area contributed by atoms with Gasteiger partial charge in [0.1, 0.15) is 0 Å². The molecule has 5 rings (SSSR count). The molecule has 3 aliphatic carbocycles. The van der Waals surface area contributed by atoms with Gasteiger partial charge in [-0.3, -0.25) is 4.90 Å². The van der Waals surface area contributed by atoms with Crippen molar-refractivity contribution in [1.29, 1.82) is 0 Å². The number of aromatic nitrogens is 1. The molecule has 1 fully saturated rings. The Hall–Kier alpha value is -1.10. The zero-order chi connectivity index (χ0) is 17.6. The molecule has 138 valence electrons. The average molecular weight is 344 g/mol. The van der Waals surface area contributed by atoms with Crippen LogP contribution in [0.4, 0.5) is 0 Å². The van der Waals surface area contributed by atoms with Crippen molar-refractivity contribution in [3.05, 3.63) is 35.7 Å². The first kappa shape index (κ1) is 17.3. The molecule has 4 atom stereocenters. The molecular weight excluding hydrogens is 312 g/mol. The summed E-state index contributed by atoms with van der Waals surface area (Å²) in [5, 5.41) is 10.4. The normalized spacial score (nSPS) is 31.8. The number of nitrogens with zero attached hydrogens (tertiary/aromatic N) is 2. The number of aliphatic hydroxyl groups excluding tert-OH is 1. The van der Waals surface area contributed by atoms with Gasteiger partial charge >= 0.3 is 0 Å². The summed E-state index contributed by atoms with van der Waals surface area (Å²) >= 11 is 0. The summed E-state index contributed by atoms with van der Waals surface area (Å²) in [5.74, 6) is 1.56. The standard InChI is InChI=1S/C21H32N2O2/c1-15-20-5-4-8-22(20)9-10-23(15)12-18(24)14-25-13-16-6-7-17-11-19(16)21(17,2)3/h4-6,8,15,17-19,24H,7,9-14H2,1-3H3/t15-,17-,18+,19+/m0/s1. The summed E-state index contributed by atoms with van der Waals surface area (Å²) in [7, 11) is 0. The highest BCUT2D eigenvalue weighted by atomic mass is 16.5. The predicted octanol–water partition coefficient (Wildman–Crippen LogP) is 3.23. The van der Waals surface area contributed by atoms with Gasteiger partial charge in [-0.15, -0.1) is 0 Å². The molecule has 0 amide bonds. The zero-order valence-corrected chi connectivity index (χ0v) is 15.8. The topological polar surface area (TPSA) is 37.6 Å². The van der Waals surface area contributed by atoms with E-state index in [0.29, 0.717) is 37.1 Å². The number of hydrogen-bond donors (Lipinski definition) is 1. The summed E-state index contributed by atoms with van der Waals surface area (Å²) in [4.78, 5) is 2.36. The molecule has 0 radical (unpaired) electrons. The van der Waals surface area contributed by atoms with Crippen molar-refractivity contribution in [2.24, 2.45) is 17.3 Å². The fourth-order valence-electron chi connectivity index (χ4n) is 5.15. The molecule has 1 saturated carbocycles. The third kappa shape index (κ3) is 3.09. The molecule has 25 heavy (non-hydrogen) atoms. The Bertz CT molecular complexity index is 648. The van der Waals surface area contributed by atoms with Crippen LogP contribution in [0.3, 0.4) is 0 Å². The number of allylic oxidation sites excluding steroid dienone is 1. The highest BCUT2D eigenvalue weighted by Crippen LogP contribution is 2.59. The number of rotatable bonds is 6. The third-order valence-electron chi connectivity index (χ3n) is 7.08. The zero-order valence-electron chi connectivity index (χ0n) is 15.8. The van der Waals surface area contributed by atoms with E-state index < -0.39 is 6.10 Å². The maximum atomic E-state index is 10.4. The number of hydrogen-bond acceptors (Lipinski definition) is 3. The summed E-state index contributed by atoms with van der Waals surface area (Å²) < 4.78 is 8.22. The average Bonchev–Trinajstić information content (AvgIpc) is 3.07. The third-order valence-corrected chi connectivity index (χ3v) is 7.08. The number of fused-ring (bicyclic) bond motifs is 2. The Balaban J connectivity index is 1.24. The van der Waals surface area contributed by atoms with Crippen molar-refractivity contribution >= 4 is 0 Å². The second-order valence-corrected chi connectivity index (χ2v) is 8.79. The molecular formula is C21H32N2O2. The van der Waals surface area contributed by atoms with Crippen LogP contribution in [0.15, 0.2) is 30.0 Å². The number of aliphatic hydroxyl groups is 1.